The summed E-state index contributed by atoms with van der Waals surface area (Å²) in [6.07, 6.45) is 2.73. The van der Waals surface area contributed by atoms with Crippen molar-refractivity contribution in [1.82, 2.24) is 5.32 Å². The van der Waals surface area contributed by atoms with Gasteiger partial charge in [0.05, 0.1) is 0 Å². The summed E-state index contributed by atoms with van der Waals surface area (Å²) in [6, 6.07) is 7.32. The Kier molecular flexibility index (Phi) is 2.36. The van der Waals surface area contributed by atoms with Crippen LogP contribution in [0, 0.1) is 13.8 Å². The summed E-state index contributed by atoms with van der Waals surface area (Å²) in [5, 5.41) is 3.55. The van der Waals surface area contributed by atoms with E-state index in [0.29, 0.717) is 0 Å². The van der Waals surface area contributed by atoms with Crippen LogP contribution in [0.5, 0.6) is 0 Å². The Bertz CT molecular complexity index is 280. The van der Waals surface area contributed by atoms with Crippen LogP contribution in [0.3, 0.4) is 0 Å². The third kappa shape index (κ3) is 2.10. The molecule has 1 aliphatic carbocycles. The highest BCUT2D eigenvalue weighted by Gasteiger charge is 2.20. The van der Waals surface area contributed by atoms with E-state index in [1.54, 1.807) is 0 Å². The molecule has 1 fully saturated rings. The standard InChI is InChI=1S/C12H17N/c1-9-4-3-5-10(2)12(9)8-13-11-6-7-11/h3-5,11,13H,6-8H2,1-2H3. The molecular weight excluding hydrogens is 158 g/mol. The molecule has 1 aromatic carbocycles. The lowest BCUT2D eigenvalue weighted by Crippen LogP contribution is -2.16. The van der Waals surface area contributed by atoms with E-state index < -0.39 is 0 Å². The zero-order chi connectivity index (χ0) is 9.26. The molecule has 70 valence electrons. The second-order valence-corrected chi connectivity index (χ2v) is 4.03. The first-order valence-corrected chi connectivity index (χ1v) is 5.06. The van der Waals surface area contributed by atoms with E-state index in [1.165, 1.54) is 29.5 Å². The van der Waals surface area contributed by atoms with Crippen molar-refractivity contribution >= 4 is 0 Å². The molecular formula is C12H17N. The smallest absolute Gasteiger partial charge is 0.0213 e. The molecule has 1 nitrogen and oxygen atoms in total. The first kappa shape index (κ1) is 8.76. The summed E-state index contributed by atoms with van der Waals surface area (Å²) in [7, 11) is 0. The lowest BCUT2D eigenvalue weighted by Gasteiger charge is -2.09. The predicted octanol–water partition coefficient (Wildman–Crippen LogP) is 2.56. The summed E-state index contributed by atoms with van der Waals surface area (Å²) >= 11 is 0. The Morgan fingerprint density at radius 3 is 2.38 bits per heavy atom. The molecule has 1 heteroatoms. The van der Waals surface area contributed by atoms with Gasteiger partial charge in [0.15, 0.2) is 0 Å². The van der Waals surface area contributed by atoms with E-state index in [4.69, 9.17) is 0 Å². The molecule has 0 spiro atoms. The molecule has 0 aliphatic heterocycles. The summed E-state index contributed by atoms with van der Waals surface area (Å²) in [5.41, 5.74) is 4.30. The average Bonchev–Trinajstić information content (AvgIpc) is 2.87. The topological polar surface area (TPSA) is 12.0 Å². The fraction of sp³-hybridized carbons (Fsp3) is 0.500. The molecule has 1 aromatic rings. The number of hydrogen-bond acceptors (Lipinski definition) is 1. The molecule has 0 bridgehead atoms. The second-order valence-electron chi connectivity index (χ2n) is 4.03. The van der Waals surface area contributed by atoms with Gasteiger partial charge < -0.3 is 5.32 Å². The summed E-state index contributed by atoms with van der Waals surface area (Å²) < 4.78 is 0. The van der Waals surface area contributed by atoms with Gasteiger partial charge in [0.2, 0.25) is 0 Å². The van der Waals surface area contributed by atoms with E-state index in [1.807, 2.05) is 0 Å². The van der Waals surface area contributed by atoms with Crippen LogP contribution < -0.4 is 5.32 Å². The number of rotatable bonds is 3. The molecule has 0 unspecified atom stereocenters. The van der Waals surface area contributed by atoms with Crippen LogP contribution in [0.15, 0.2) is 18.2 Å². The van der Waals surface area contributed by atoms with Crippen molar-refractivity contribution in [2.45, 2.75) is 39.3 Å². The maximum atomic E-state index is 3.55. The number of benzene rings is 1. The molecule has 0 atom stereocenters. The first-order valence-electron chi connectivity index (χ1n) is 5.06. The van der Waals surface area contributed by atoms with E-state index in [-0.39, 0.29) is 0 Å². The van der Waals surface area contributed by atoms with Gasteiger partial charge in [-0.05, 0) is 43.4 Å². The lowest BCUT2D eigenvalue weighted by atomic mass is 10.0. The lowest BCUT2D eigenvalue weighted by molar-refractivity contribution is 0.682. The van der Waals surface area contributed by atoms with Crippen molar-refractivity contribution in [3.8, 4) is 0 Å². The normalized spacial score (nSPS) is 16.2. The summed E-state index contributed by atoms with van der Waals surface area (Å²) in [4.78, 5) is 0. The Labute approximate surface area is 80.2 Å². The van der Waals surface area contributed by atoms with Crippen LogP contribution in [-0.4, -0.2) is 6.04 Å². The highest BCUT2D eigenvalue weighted by atomic mass is 14.9. The first-order chi connectivity index (χ1) is 6.27. The Hall–Kier alpha value is -0.820. The van der Waals surface area contributed by atoms with Crippen molar-refractivity contribution in [2.24, 2.45) is 0 Å². The number of aryl methyl sites for hydroxylation is 2. The Morgan fingerprint density at radius 1 is 1.23 bits per heavy atom. The average molecular weight is 175 g/mol. The third-order valence-electron chi connectivity index (χ3n) is 2.79. The van der Waals surface area contributed by atoms with Gasteiger partial charge in [-0.3, -0.25) is 0 Å². The molecule has 1 aliphatic rings. The Balaban J connectivity index is 2.07. The predicted molar refractivity (Wildman–Crippen MR) is 55.8 cm³/mol. The highest BCUT2D eigenvalue weighted by Crippen LogP contribution is 2.20. The maximum Gasteiger partial charge on any atom is 0.0213 e. The van der Waals surface area contributed by atoms with Crippen LogP contribution in [0.2, 0.25) is 0 Å². The van der Waals surface area contributed by atoms with Gasteiger partial charge in [-0.2, -0.15) is 0 Å². The molecule has 1 N–H and O–H groups in total. The minimum atomic E-state index is 0.805. The van der Waals surface area contributed by atoms with Gasteiger partial charge in [0.1, 0.15) is 0 Å². The fourth-order valence-corrected chi connectivity index (χ4v) is 1.66. The van der Waals surface area contributed by atoms with Gasteiger partial charge in [-0.15, -0.1) is 0 Å². The fourth-order valence-electron chi connectivity index (χ4n) is 1.66. The van der Waals surface area contributed by atoms with Gasteiger partial charge in [-0.25, -0.2) is 0 Å². The van der Waals surface area contributed by atoms with Crippen molar-refractivity contribution in [2.75, 3.05) is 0 Å². The van der Waals surface area contributed by atoms with Gasteiger partial charge in [0.25, 0.3) is 0 Å². The zero-order valence-corrected chi connectivity index (χ0v) is 8.43. The zero-order valence-electron chi connectivity index (χ0n) is 8.43. The van der Waals surface area contributed by atoms with E-state index >= 15 is 0 Å². The van der Waals surface area contributed by atoms with Gasteiger partial charge in [0, 0.05) is 12.6 Å². The molecule has 0 amide bonds. The van der Waals surface area contributed by atoms with Crippen molar-refractivity contribution in [3.63, 3.8) is 0 Å². The van der Waals surface area contributed by atoms with Crippen LogP contribution >= 0.6 is 0 Å². The van der Waals surface area contributed by atoms with E-state index in [0.717, 1.165) is 12.6 Å². The minimum Gasteiger partial charge on any atom is -0.310 e. The summed E-state index contributed by atoms with van der Waals surface area (Å²) in [6.45, 7) is 5.43. The molecule has 2 rings (SSSR count). The molecule has 0 saturated heterocycles. The highest BCUT2D eigenvalue weighted by molar-refractivity contribution is 5.33. The maximum absolute atomic E-state index is 3.55. The largest absolute Gasteiger partial charge is 0.310 e. The number of nitrogens with one attached hydrogen (secondary N) is 1. The van der Waals surface area contributed by atoms with Crippen molar-refractivity contribution in [1.29, 1.82) is 0 Å². The second kappa shape index (κ2) is 3.51. The minimum absolute atomic E-state index is 0.805. The van der Waals surface area contributed by atoms with Gasteiger partial charge >= 0.3 is 0 Å². The van der Waals surface area contributed by atoms with Crippen LogP contribution in [0.25, 0.3) is 0 Å². The summed E-state index contributed by atoms with van der Waals surface area (Å²) in [5.74, 6) is 0. The molecule has 0 radical (unpaired) electrons. The van der Waals surface area contributed by atoms with Crippen LogP contribution in [-0.2, 0) is 6.54 Å². The molecule has 0 heterocycles. The quantitative estimate of drug-likeness (QED) is 0.744. The Morgan fingerprint density at radius 2 is 1.85 bits per heavy atom. The molecule has 1 saturated carbocycles. The third-order valence-corrected chi connectivity index (χ3v) is 2.79. The molecule has 13 heavy (non-hydrogen) atoms. The van der Waals surface area contributed by atoms with Crippen LogP contribution in [0.1, 0.15) is 29.5 Å². The van der Waals surface area contributed by atoms with Crippen molar-refractivity contribution in [3.05, 3.63) is 34.9 Å². The monoisotopic (exact) mass is 175 g/mol. The van der Waals surface area contributed by atoms with E-state index in [2.05, 4.69) is 37.4 Å². The van der Waals surface area contributed by atoms with Gasteiger partial charge in [-0.1, -0.05) is 18.2 Å². The van der Waals surface area contributed by atoms with Crippen molar-refractivity contribution < 1.29 is 0 Å². The number of hydrogen-bond donors (Lipinski definition) is 1. The van der Waals surface area contributed by atoms with Crippen LogP contribution in [0.4, 0.5) is 0 Å². The SMILES string of the molecule is Cc1cccc(C)c1CNC1CC1. The van der Waals surface area contributed by atoms with E-state index in [9.17, 15) is 0 Å². The molecule has 0 aromatic heterocycles.